The number of nitrogens with one attached hydrogen (secondary N) is 1. The van der Waals surface area contributed by atoms with Crippen LogP contribution in [0.25, 0.3) is 0 Å². The number of nitrogens with zero attached hydrogens (tertiary/aromatic N) is 1. The molecule has 1 heterocycles. The van der Waals surface area contributed by atoms with Gasteiger partial charge in [-0.1, -0.05) is 28.9 Å². The second-order valence-corrected chi connectivity index (χ2v) is 6.24. The van der Waals surface area contributed by atoms with E-state index in [9.17, 15) is 4.79 Å². The molecule has 1 aromatic carbocycles. The molecule has 0 spiro atoms. The van der Waals surface area contributed by atoms with Crippen molar-refractivity contribution in [2.24, 2.45) is 5.92 Å². The molecule has 1 aliphatic heterocycles. The molecule has 19 heavy (non-hydrogen) atoms. The zero-order chi connectivity index (χ0) is 13.8. The monoisotopic (exact) mass is 340 g/mol. The van der Waals surface area contributed by atoms with Crippen LogP contribution in [-0.2, 0) is 0 Å². The first kappa shape index (κ1) is 14.5. The van der Waals surface area contributed by atoms with Gasteiger partial charge in [0.2, 0.25) is 0 Å². The van der Waals surface area contributed by atoms with Gasteiger partial charge in [0.05, 0.1) is 0 Å². The molecule has 0 bridgehead atoms. The van der Waals surface area contributed by atoms with Crippen LogP contribution in [0.2, 0.25) is 0 Å². The summed E-state index contributed by atoms with van der Waals surface area (Å²) in [5.74, 6) is 0.602. The summed E-state index contributed by atoms with van der Waals surface area (Å²) in [4.78, 5) is 14.1. The van der Waals surface area contributed by atoms with Crippen LogP contribution < -0.4 is 5.32 Å². The predicted molar refractivity (Wildman–Crippen MR) is 84.2 cm³/mol. The molecule has 102 valence electrons. The summed E-state index contributed by atoms with van der Waals surface area (Å²) in [6.07, 6.45) is 2.26. The zero-order valence-corrected chi connectivity index (χ0v) is 13.3. The average molecular weight is 341 g/mol. The number of carbonyl (C=O) groups is 1. The lowest BCUT2D eigenvalue weighted by molar-refractivity contribution is 0.0972. The Bertz CT molecular complexity index is 484. The number of hydrogen-bond acceptors (Lipinski definition) is 2. The Hall–Kier alpha value is -0.940. The van der Waals surface area contributed by atoms with Crippen LogP contribution in [0.3, 0.4) is 0 Å². The van der Waals surface area contributed by atoms with E-state index < -0.39 is 0 Å². The fourth-order valence-corrected chi connectivity index (χ4v) is 2.76. The summed E-state index contributed by atoms with van der Waals surface area (Å²) >= 11 is 8.66. The molecule has 1 saturated heterocycles. The highest BCUT2D eigenvalue weighted by molar-refractivity contribution is 9.10. The van der Waals surface area contributed by atoms with Crippen molar-refractivity contribution in [2.45, 2.75) is 19.8 Å². The van der Waals surface area contributed by atoms with Gasteiger partial charge in [-0.05, 0) is 49.2 Å². The molecule has 1 amide bonds. The van der Waals surface area contributed by atoms with E-state index in [0.29, 0.717) is 10.7 Å². The van der Waals surface area contributed by atoms with Crippen molar-refractivity contribution in [2.75, 3.05) is 13.1 Å². The van der Waals surface area contributed by atoms with E-state index in [1.807, 2.05) is 12.1 Å². The normalized spacial score (nSPS) is 16.2. The van der Waals surface area contributed by atoms with Crippen molar-refractivity contribution in [1.29, 1.82) is 0 Å². The number of benzene rings is 1. The maximum Gasteiger partial charge on any atom is 0.257 e. The summed E-state index contributed by atoms with van der Waals surface area (Å²) < 4.78 is 0.887. The van der Waals surface area contributed by atoms with Gasteiger partial charge in [0.1, 0.15) is 0 Å². The van der Waals surface area contributed by atoms with Gasteiger partial charge in [-0.2, -0.15) is 0 Å². The number of amides is 1. The molecular weight excluding hydrogens is 324 g/mol. The molecule has 1 N–H and O–H groups in total. The lowest BCUT2D eigenvalue weighted by atomic mass is 10.00. The molecular formula is C14H17BrN2OS. The molecule has 1 aliphatic rings. The zero-order valence-electron chi connectivity index (χ0n) is 10.9. The summed E-state index contributed by atoms with van der Waals surface area (Å²) in [6, 6.07) is 7.29. The molecule has 0 atom stereocenters. The minimum absolute atomic E-state index is 0.148. The van der Waals surface area contributed by atoms with Crippen molar-refractivity contribution in [3.8, 4) is 0 Å². The first-order valence-electron chi connectivity index (χ1n) is 6.42. The molecule has 2 rings (SSSR count). The van der Waals surface area contributed by atoms with E-state index >= 15 is 0 Å². The molecule has 1 fully saturated rings. The Labute approximate surface area is 127 Å². The maximum absolute atomic E-state index is 12.1. The highest BCUT2D eigenvalue weighted by Gasteiger charge is 2.19. The largest absolute Gasteiger partial charge is 0.349 e. The molecule has 0 aromatic heterocycles. The Morgan fingerprint density at radius 3 is 2.74 bits per heavy atom. The summed E-state index contributed by atoms with van der Waals surface area (Å²) in [5.41, 5.74) is 0.613. The molecule has 0 radical (unpaired) electrons. The quantitative estimate of drug-likeness (QED) is 0.797. The molecule has 1 aromatic rings. The first-order chi connectivity index (χ1) is 9.06. The van der Waals surface area contributed by atoms with Crippen LogP contribution in [0, 0.1) is 5.92 Å². The van der Waals surface area contributed by atoms with Crippen LogP contribution >= 0.6 is 28.1 Å². The van der Waals surface area contributed by atoms with Gasteiger partial charge in [-0.25, -0.2) is 0 Å². The third-order valence-electron chi connectivity index (χ3n) is 3.38. The van der Waals surface area contributed by atoms with Gasteiger partial charge in [0.15, 0.2) is 5.11 Å². The van der Waals surface area contributed by atoms with Crippen molar-refractivity contribution < 1.29 is 4.79 Å². The number of thiocarbonyl (C=S) groups is 1. The minimum atomic E-state index is -0.148. The van der Waals surface area contributed by atoms with Gasteiger partial charge in [0.25, 0.3) is 5.91 Å². The summed E-state index contributed by atoms with van der Waals surface area (Å²) in [6.45, 7) is 4.11. The topological polar surface area (TPSA) is 32.3 Å². The lowest BCUT2D eigenvalue weighted by Crippen LogP contribution is -2.46. The third kappa shape index (κ3) is 4.01. The van der Waals surface area contributed by atoms with Crippen LogP contribution in [0.4, 0.5) is 0 Å². The number of hydrogen-bond donors (Lipinski definition) is 1. The Morgan fingerprint density at radius 1 is 1.42 bits per heavy atom. The van der Waals surface area contributed by atoms with E-state index in [1.165, 1.54) is 0 Å². The van der Waals surface area contributed by atoms with Crippen LogP contribution in [0.15, 0.2) is 28.7 Å². The number of carbonyl (C=O) groups excluding carboxylic acids is 1. The lowest BCUT2D eigenvalue weighted by Gasteiger charge is -2.32. The van der Waals surface area contributed by atoms with Gasteiger partial charge in [0, 0.05) is 23.1 Å². The van der Waals surface area contributed by atoms with Gasteiger partial charge in [-0.15, -0.1) is 0 Å². The standard InChI is InChI=1S/C14H17BrN2OS/c1-10-5-7-17(8-6-10)14(19)16-13(18)11-3-2-4-12(15)9-11/h2-4,9-10H,5-8H2,1H3,(H,16,18,19). The highest BCUT2D eigenvalue weighted by Crippen LogP contribution is 2.16. The number of halogens is 1. The second kappa shape index (κ2) is 6.48. The third-order valence-corrected chi connectivity index (χ3v) is 4.23. The fourth-order valence-electron chi connectivity index (χ4n) is 2.09. The van der Waals surface area contributed by atoms with Crippen molar-refractivity contribution in [1.82, 2.24) is 10.2 Å². The van der Waals surface area contributed by atoms with Crippen LogP contribution in [0.1, 0.15) is 30.1 Å². The number of piperidine rings is 1. The van der Waals surface area contributed by atoms with E-state index in [1.54, 1.807) is 12.1 Å². The van der Waals surface area contributed by atoms with Crippen molar-refractivity contribution in [3.05, 3.63) is 34.3 Å². The molecule has 0 aliphatic carbocycles. The van der Waals surface area contributed by atoms with E-state index in [4.69, 9.17) is 12.2 Å². The van der Waals surface area contributed by atoms with E-state index in [0.717, 1.165) is 36.3 Å². The SMILES string of the molecule is CC1CCN(C(=S)NC(=O)c2cccc(Br)c2)CC1. The fraction of sp³-hybridized carbons (Fsp3) is 0.429. The number of rotatable bonds is 1. The second-order valence-electron chi connectivity index (χ2n) is 4.94. The summed E-state index contributed by atoms with van der Waals surface area (Å²) in [5, 5.41) is 3.34. The Balaban J connectivity index is 1.93. The Morgan fingerprint density at radius 2 is 2.11 bits per heavy atom. The van der Waals surface area contributed by atoms with Crippen LogP contribution in [0.5, 0.6) is 0 Å². The highest BCUT2D eigenvalue weighted by atomic mass is 79.9. The summed E-state index contributed by atoms with van der Waals surface area (Å²) in [7, 11) is 0. The predicted octanol–water partition coefficient (Wildman–Crippen LogP) is 3.20. The molecule has 0 unspecified atom stereocenters. The smallest absolute Gasteiger partial charge is 0.257 e. The molecule has 3 nitrogen and oxygen atoms in total. The first-order valence-corrected chi connectivity index (χ1v) is 7.62. The average Bonchev–Trinajstić information content (AvgIpc) is 2.39. The maximum atomic E-state index is 12.1. The van der Waals surface area contributed by atoms with E-state index in [-0.39, 0.29) is 5.91 Å². The van der Waals surface area contributed by atoms with Gasteiger partial charge >= 0.3 is 0 Å². The van der Waals surface area contributed by atoms with E-state index in [2.05, 4.69) is 33.1 Å². The Kier molecular flexibility index (Phi) is 4.93. The van der Waals surface area contributed by atoms with Gasteiger partial charge < -0.3 is 4.90 Å². The minimum Gasteiger partial charge on any atom is -0.349 e. The van der Waals surface area contributed by atoms with Crippen molar-refractivity contribution >= 4 is 39.2 Å². The van der Waals surface area contributed by atoms with Gasteiger partial charge in [-0.3, -0.25) is 10.1 Å². The molecule has 0 saturated carbocycles. The molecule has 5 heteroatoms. The number of likely N-dealkylation sites (tertiary alicyclic amines) is 1. The van der Waals surface area contributed by atoms with Crippen molar-refractivity contribution in [3.63, 3.8) is 0 Å². The van der Waals surface area contributed by atoms with Crippen LogP contribution in [-0.4, -0.2) is 29.0 Å².